The number of likely N-dealkylation sites (N-methyl/N-ethyl adjacent to an activating group) is 1. The quantitative estimate of drug-likeness (QED) is 0.829. The summed E-state index contributed by atoms with van der Waals surface area (Å²) in [5, 5.41) is 2.82. The van der Waals surface area contributed by atoms with Crippen LogP contribution in [0.1, 0.15) is 0 Å². The van der Waals surface area contributed by atoms with E-state index in [1.807, 2.05) is 19.0 Å². The van der Waals surface area contributed by atoms with Crippen molar-refractivity contribution in [3.8, 4) is 0 Å². The largest absolute Gasteiger partial charge is 0.336 e. The van der Waals surface area contributed by atoms with Gasteiger partial charge in [-0.25, -0.2) is 4.79 Å². The van der Waals surface area contributed by atoms with Gasteiger partial charge in [0.15, 0.2) is 0 Å². The number of carbonyl (C=O) groups is 1. The summed E-state index contributed by atoms with van der Waals surface area (Å²) < 4.78 is 0. The minimum absolute atomic E-state index is 0. The molecule has 94 valence electrons. The first-order valence-electron chi connectivity index (χ1n) is 4.57. The summed E-state index contributed by atoms with van der Waals surface area (Å²) in [6, 6.07) is -0.0748. The molecule has 5 nitrogen and oxygen atoms in total. The molecule has 0 atom stereocenters. The fraction of sp³-hybridized carbons (Fsp3) is 0.556. The number of hydrogen-bond acceptors (Lipinski definition) is 3. The molecule has 1 heterocycles. The number of halogens is 2. The summed E-state index contributed by atoms with van der Waals surface area (Å²) in [5.74, 6) is 0. The fourth-order valence-electron chi connectivity index (χ4n) is 1.01. The van der Waals surface area contributed by atoms with E-state index >= 15 is 0 Å². The van der Waals surface area contributed by atoms with E-state index in [-0.39, 0.29) is 30.8 Å². The molecule has 0 fully saturated rings. The Hall–Kier alpha value is -0.780. The van der Waals surface area contributed by atoms with E-state index in [1.54, 1.807) is 23.5 Å². The zero-order valence-corrected chi connectivity index (χ0v) is 11.1. The number of nitrogens with zero attached hydrogens (tertiary/aromatic N) is 3. The standard InChI is InChI=1S/C9H16N4O.2ClH/c1-12(2)6-5-11-9(14)13-7-3-10-4-8-13;;/h3-4,7H,5-6,8H2,1-2H3,(H,11,14);2*1H. The lowest BCUT2D eigenvalue weighted by atomic mass is 10.5. The van der Waals surface area contributed by atoms with Crippen LogP contribution >= 0.6 is 24.8 Å². The van der Waals surface area contributed by atoms with Gasteiger partial charge in [0.25, 0.3) is 0 Å². The molecule has 0 aliphatic carbocycles. The Kier molecular flexibility index (Phi) is 10.4. The second-order valence-electron chi connectivity index (χ2n) is 3.32. The van der Waals surface area contributed by atoms with Gasteiger partial charge in [0.2, 0.25) is 0 Å². The highest BCUT2D eigenvalue weighted by Gasteiger charge is 2.09. The second-order valence-corrected chi connectivity index (χ2v) is 3.32. The van der Waals surface area contributed by atoms with Crippen LogP contribution in [0.2, 0.25) is 0 Å². The molecule has 2 amide bonds. The molecule has 1 N–H and O–H groups in total. The van der Waals surface area contributed by atoms with E-state index in [4.69, 9.17) is 0 Å². The summed E-state index contributed by atoms with van der Waals surface area (Å²) in [4.78, 5) is 19.0. The van der Waals surface area contributed by atoms with Crippen LogP contribution in [0.25, 0.3) is 0 Å². The third kappa shape index (κ3) is 6.66. The van der Waals surface area contributed by atoms with Gasteiger partial charge < -0.3 is 10.2 Å². The molecule has 1 rings (SSSR count). The highest BCUT2D eigenvalue weighted by molar-refractivity contribution is 5.85. The Morgan fingerprint density at radius 3 is 2.69 bits per heavy atom. The van der Waals surface area contributed by atoms with Crippen LogP contribution in [0.3, 0.4) is 0 Å². The zero-order valence-electron chi connectivity index (χ0n) is 9.42. The monoisotopic (exact) mass is 268 g/mol. The summed E-state index contributed by atoms with van der Waals surface area (Å²) in [6.45, 7) is 2.05. The van der Waals surface area contributed by atoms with Crippen molar-refractivity contribution in [1.29, 1.82) is 0 Å². The Morgan fingerprint density at radius 1 is 1.50 bits per heavy atom. The molecule has 0 spiro atoms. The Bertz CT molecular complexity index is 256. The van der Waals surface area contributed by atoms with Crippen LogP contribution in [0, 0.1) is 0 Å². The van der Waals surface area contributed by atoms with E-state index in [1.165, 1.54) is 0 Å². The van der Waals surface area contributed by atoms with Crippen LogP contribution in [0.5, 0.6) is 0 Å². The highest BCUT2D eigenvalue weighted by atomic mass is 35.5. The van der Waals surface area contributed by atoms with Gasteiger partial charge in [-0.1, -0.05) is 0 Å². The van der Waals surface area contributed by atoms with Gasteiger partial charge >= 0.3 is 6.03 Å². The van der Waals surface area contributed by atoms with Crippen molar-refractivity contribution in [3.05, 3.63) is 12.4 Å². The van der Waals surface area contributed by atoms with Crippen molar-refractivity contribution in [2.45, 2.75) is 0 Å². The smallest absolute Gasteiger partial charge is 0.321 e. The van der Waals surface area contributed by atoms with Gasteiger partial charge in [-0.2, -0.15) is 0 Å². The highest BCUT2D eigenvalue weighted by Crippen LogP contribution is 1.94. The van der Waals surface area contributed by atoms with Crippen molar-refractivity contribution < 1.29 is 4.79 Å². The maximum absolute atomic E-state index is 11.5. The molecule has 7 heteroatoms. The summed E-state index contributed by atoms with van der Waals surface area (Å²) in [5.41, 5.74) is 0. The van der Waals surface area contributed by atoms with Crippen molar-refractivity contribution >= 4 is 37.1 Å². The van der Waals surface area contributed by atoms with Crippen LogP contribution < -0.4 is 5.32 Å². The second kappa shape index (κ2) is 9.45. The molecule has 0 aromatic heterocycles. The molecule has 0 saturated carbocycles. The van der Waals surface area contributed by atoms with Crippen LogP contribution in [-0.2, 0) is 0 Å². The minimum Gasteiger partial charge on any atom is -0.336 e. The topological polar surface area (TPSA) is 47.9 Å². The van der Waals surface area contributed by atoms with E-state index in [0.29, 0.717) is 13.1 Å². The SMILES string of the molecule is CN(C)CCNC(=O)N1C=CN=CC1.Cl.Cl. The van der Waals surface area contributed by atoms with E-state index in [2.05, 4.69) is 10.3 Å². The number of nitrogens with one attached hydrogen (secondary N) is 1. The summed E-state index contributed by atoms with van der Waals surface area (Å²) in [6.07, 6.45) is 4.98. The first kappa shape index (κ1) is 17.6. The molecule has 0 radical (unpaired) electrons. The predicted molar refractivity (Wildman–Crippen MR) is 70.8 cm³/mol. The van der Waals surface area contributed by atoms with Crippen molar-refractivity contribution in [2.24, 2.45) is 4.99 Å². The predicted octanol–water partition coefficient (Wildman–Crippen LogP) is 0.959. The number of rotatable bonds is 3. The van der Waals surface area contributed by atoms with Crippen LogP contribution in [-0.4, -0.2) is 55.8 Å². The number of amides is 2. The number of carbonyl (C=O) groups excluding carboxylic acids is 1. The van der Waals surface area contributed by atoms with E-state index in [9.17, 15) is 4.79 Å². The van der Waals surface area contributed by atoms with Crippen molar-refractivity contribution in [3.63, 3.8) is 0 Å². The van der Waals surface area contributed by atoms with Gasteiger partial charge in [0, 0.05) is 31.7 Å². The van der Waals surface area contributed by atoms with Gasteiger partial charge in [0.1, 0.15) is 0 Å². The van der Waals surface area contributed by atoms with Gasteiger partial charge in [-0.15, -0.1) is 24.8 Å². The number of aliphatic imine (C=N–C) groups is 1. The normalized spacial score (nSPS) is 13.1. The summed E-state index contributed by atoms with van der Waals surface area (Å²) in [7, 11) is 3.94. The molecule has 0 unspecified atom stereocenters. The van der Waals surface area contributed by atoms with E-state index in [0.717, 1.165) is 6.54 Å². The van der Waals surface area contributed by atoms with Crippen LogP contribution in [0.15, 0.2) is 17.4 Å². The first-order valence-corrected chi connectivity index (χ1v) is 4.57. The molecule has 1 aliphatic heterocycles. The fourth-order valence-corrected chi connectivity index (χ4v) is 1.01. The lowest BCUT2D eigenvalue weighted by Gasteiger charge is -2.19. The molecular formula is C9H18Cl2N4O. The average molecular weight is 269 g/mol. The minimum atomic E-state index is -0.0748. The third-order valence-corrected chi connectivity index (χ3v) is 1.81. The van der Waals surface area contributed by atoms with Gasteiger partial charge in [-0.3, -0.25) is 9.89 Å². The maximum Gasteiger partial charge on any atom is 0.321 e. The molecule has 0 aromatic rings. The lowest BCUT2D eigenvalue weighted by molar-refractivity contribution is 0.218. The first-order chi connectivity index (χ1) is 6.70. The average Bonchev–Trinajstić information content (AvgIpc) is 2.18. The lowest BCUT2D eigenvalue weighted by Crippen LogP contribution is -2.40. The Morgan fingerprint density at radius 2 is 2.19 bits per heavy atom. The van der Waals surface area contributed by atoms with Crippen LogP contribution in [0.4, 0.5) is 4.79 Å². The Labute approximate surface area is 108 Å². The van der Waals surface area contributed by atoms with Gasteiger partial charge in [-0.05, 0) is 14.1 Å². The van der Waals surface area contributed by atoms with Crippen molar-refractivity contribution in [1.82, 2.24) is 15.1 Å². The number of hydrogen-bond donors (Lipinski definition) is 1. The Balaban J connectivity index is 0. The third-order valence-electron chi connectivity index (χ3n) is 1.81. The molecule has 0 aromatic carbocycles. The number of urea groups is 1. The zero-order chi connectivity index (χ0) is 10.4. The molecular weight excluding hydrogens is 251 g/mol. The molecule has 1 aliphatic rings. The van der Waals surface area contributed by atoms with E-state index < -0.39 is 0 Å². The maximum atomic E-state index is 11.5. The molecule has 16 heavy (non-hydrogen) atoms. The van der Waals surface area contributed by atoms with Crippen molar-refractivity contribution in [2.75, 3.05) is 33.7 Å². The molecule has 0 saturated heterocycles. The van der Waals surface area contributed by atoms with Gasteiger partial charge in [0.05, 0.1) is 6.54 Å². The summed E-state index contributed by atoms with van der Waals surface area (Å²) >= 11 is 0. The molecule has 0 bridgehead atoms.